The third kappa shape index (κ3) is 8.08. The SMILES string of the molecule is COCCOCCCCNC(C)CC1CC1. The average molecular weight is 229 g/mol. The highest BCUT2D eigenvalue weighted by atomic mass is 16.5. The molecule has 0 aliphatic heterocycles. The number of ether oxygens (including phenoxy) is 2. The molecule has 1 atom stereocenters. The second-order valence-electron chi connectivity index (χ2n) is 4.85. The van der Waals surface area contributed by atoms with E-state index in [0.29, 0.717) is 12.6 Å². The van der Waals surface area contributed by atoms with Gasteiger partial charge in [-0.3, -0.25) is 0 Å². The minimum absolute atomic E-state index is 0.696. The summed E-state index contributed by atoms with van der Waals surface area (Å²) in [5.74, 6) is 1.03. The third-order valence-corrected chi connectivity index (χ3v) is 3.02. The molecule has 1 saturated carbocycles. The van der Waals surface area contributed by atoms with E-state index in [1.165, 1.54) is 25.7 Å². The van der Waals surface area contributed by atoms with Gasteiger partial charge in [-0.1, -0.05) is 12.8 Å². The molecule has 1 aliphatic rings. The minimum Gasteiger partial charge on any atom is -0.382 e. The molecule has 0 radical (unpaired) electrons. The van der Waals surface area contributed by atoms with Gasteiger partial charge < -0.3 is 14.8 Å². The molecule has 1 fully saturated rings. The summed E-state index contributed by atoms with van der Waals surface area (Å²) in [5.41, 5.74) is 0. The maximum Gasteiger partial charge on any atom is 0.0700 e. The lowest BCUT2D eigenvalue weighted by molar-refractivity contribution is 0.0687. The summed E-state index contributed by atoms with van der Waals surface area (Å²) in [7, 11) is 1.70. The highest BCUT2D eigenvalue weighted by molar-refractivity contribution is 4.77. The molecule has 1 rings (SSSR count). The summed E-state index contributed by atoms with van der Waals surface area (Å²) in [6.07, 6.45) is 6.64. The number of rotatable bonds is 11. The van der Waals surface area contributed by atoms with Crippen LogP contribution in [0.5, 0.6) is 0 Å². The molecule has 0 heterocycles. The molecule has 0 aromatic heterocycles. The van der Waals surface area contributed by atoms with Crippen LogP contribution in [0.2, 0.25) is 0 Å². The highest BCUT2D eigenvalue weighted by Crippen LogP contribution is 2.33. The Hall–Kier alpha value is -0.120. The van der Waals surface area contributed by atoms with E-state index in [1.54, 1.807) is 7.11 Å². The van der Waals surface area contributed by atoms with Crippen LogP contribution in [0, 0.1) is 5.92 Å². The maximum atomic E-state index is 5.40. The zero-order valence-electron chi connectivity index (χ0n) is 10.8. The average Bonchev–Trinajstić information content (AvgIpc) is 3.06. The van der Waals surface area contributed by atoms with Crippen molar-refractivity contribution in [3.05, 3.63) is 0 Å². The molecule has 16 heavy (non-hydrogen) atoms. The Kier molecular flexibility index (Phi) is 7.81. The molecule has 96 valence electrons. The van der Waals surface area contributed by atoms with Crippen LogP contribution in [0.15, 0.2) is 0 Å². The lowest BCUT2D eigenvalue weighted by atomic mass is 10.1. The first-order valence-corrected chi connectivity index (χ1v) is 6.63. The Morgan fingerprint density at radius 2 is 2.00 bits per heavy atom. The fourth-order valence-corrected chi connectivity index (χ4v) is 1.86. The Balaban J connectivity index is 1.73. The second-order valence-corrected chi connectivity index (χ2v) is 4.85. The van der Waals surface area contributed by atoms with Crippen molar-refractivity contribution in [2.45, 2.75) is 45.1 Å². The molecule has 1 unspecified atom stereocenters. The fraction of sp³-hybridized carbons (Fsp3) is 1.00. The van der Waals surface area contributed by atoms with Crippen molar-refractivity contribution < 1.29 is 9.47 Å². The maximum absolute atomic E-state index is 5.40. The van der Waals surface area contributed by atoms with Crippen LogP contribution < -0.4 is 5.32 Å². The fourth-order valence-electron chi connectivity index (χ4n) is 1.86. The Bertz CT molecular complexity index is 160. The summed E-state index contributed by atoms with van der Waals surface area (Å²) in [6, 6.07) is 0.696. The zero-order chi connectivity index (χ0) is 11.6. The van der Waals surface area contributed by atoms with E-state index in [-0.39, 0.29) is 0 Å². The topological polar surface area (TPSA) is 30.5 Å². The van der Waals surface area contributed by atoms with Gasteiger partial charge in [-0.2, -0.15) is 0 Å². The van der Waals surface area contributed by atoms with Gasteiger partial charge in [0.15, 0.2) is 0 Å². The van der Waals surface area contributed by atoms with Crippen molar-refractivity contribution in [2.24, 2.45) is 5.92 Å². The normalized spacial score (nSPS) is 17.6. The molecule has 3 nitrogen and oxygen atoms in total. The highest BCUT2D eigenvalue weighted by Gasteiger charge is 2.22. The van der Waals surface area contributed by atoms with Crippen LogP contribution in [-0.4, -0.2) is 39.5 Å². The second kappa shape index (κ2) is 8.97. The van der Waals surface area contributed by atoms with E-state index in [0.717, 1.165) is 32.1 Å². The number of nitrogens with one attached hydrogen (secondary N) is 1. The first-order chi connectivity index (χ1) is 7.83. The van der Waals surface area contributed by atoms with Gasteiger partial charge in [0.25, 0.3) is 0 Å². The molecule has 0 saturated heterocycles. The monoisotopic (exact) mass is 229 g/mol. The van der Waals surface area contributed by atoms with Crippen molar-refractivity contribution in [3.63, 3.8) is 0 Å². The van der Waals surface area contributed by atoms with E-state index < -0.39 is 0 Å². The van der Waals surface area contributed by atoms with Gasteiger partial charge in [0.05, 0.1) is 13.2 Å². The number of hydrogen-bond donors (Lipinski definition) is 1. The first-order valence-electron chi connectivity index (χ1n) is 6.63. The molecule has 1 aliphatic carbocycles. The van der Waals surface area contributed by atoms with Gasteiger partial charge in [-0.25, -0.2) is 0 Å². The van der Waals surface area contributed by atoms with Gasteiger partial charge in [0, 0.05) is 19.8 Å². The predicted molar refractivity (Wildman–Crippen MR) is 66.7 cm³/mol. The minimum atomic E-state index is 0.696. The van der Waals surface area contributed by atoms with Gasteiger partial charge in [-0.15, -0.1) is 0 Å². The largest absolute Gasteiger partial charge is 0.382 e. The molecule has 3 heteroatoms. The van der Waals surface area contributed by atoms with Crippen molar-refractivity contribution >= 4 is 0 Å². The van der Waals surface area contributed by atoms with Crippen LogP contribution in [-0.2, 0) is 9.47 Å². The smallest absolute Gasteiger partial charge is 0.0700 e. The lowest BCUT2D eigenvalue weighted by Gasteiger charge is -2.12. The summed E-state index contributed by atoms with van der Waals surface area (Å²) >= 11 is 0. The molecular formula is C13H27NO2. The molecule has 0 amide bonds. The van der Waals surface area contributed by atoms with Crippen molar-refractivity contribution in [1.29, 1.82) is 0 Å². The number of hydrogen-bond acceptors (Lipinski definition) is 3. The quantitative estimate of drug-likeness (QED) is 0.551. The molecule has 1 N–H and O–H groups in total. The van der Waals surface area contributed by atoms with E-state index in [2.05, 4.69) is 12.2 Å². The summed E-state index contributed by atoms with van der Waals surface area (Å²) in [5, 5.41) is 3.58. The summed E-state index contributed by atoms with van der Waals surface area (Å²) < 4.78 is 10.3. The Morgan fingerprint density at radius 1 is 1.19 bits per heavy atom. The van der Waals surface area contributed by atoms with Crippen LogP contribution >= 0.6 is 0 Å². The van der Waals surface area contributed by atoms with E-state index in [1.807, 2.05) is 0 Å². The lowest BCUT2D eigenvalue weighted by Crippen LogP contribution is -2.27. The molecule has 0 spiro atoms. The van der Waals surface area contributed by atoms with Gasteiger partial charge >= 0.3 is 0 Å². The Labute approximate surface area is 99.9 Å². The van der Waals surface area contributed by atoms with Crippen LogP contribution in [0.25, 0.3) is 0 Å². The third-order valence-electron chi connectivity index (χ3n) is 3.02. The van der Waals surface area contributed by atoms with Crippen molar-refractivity contribution in [2.75, 3.05) is 33.5 Å². The van der Waals surface area contributed by atoms with Crippen molar-refractivity contribution in [1.82, 2.24) is 5.32 Å². The standard InChI is InChI=1S/C13H27NO2/c1-12(11-13-5-6-13)14-7-3-4-8-16-10-9-15-2/h12-14H,3-11H2,1-2H3. The first kappa shape index (κ1) is 13.9. The van der Waals surface area contributed by atoms with Gasteiger partial charge in [0.2, 0.25) is 0 Å². The van der Waals surface area contributed by atoms with E-state index in [4.69, 9.17) is 9.47 Å². The summed E-state index contributed by atoms with van der Waals surface area (Å²) in [6.45, 7) is 5.72. The van der Waals surface area contributed by atoms with Crippen LogP contribution in [0.3, 0.4) is 0 Å². The van der Waals surface area contributed by atoms with Crippen molar-refractivity contribution in [3.8, 4) is 0 Å². The number of unbranched alkanes of at least 4 members (excludes halogenated alkanes) is 1. The zero-order valence-corrected chi connectivity index (χ0v) is 10.8. The van der Waals surface area contributed by atoms with Crippen LogP contribution in [0.1, 0.15) is 39.0 Å². The summed E-state index contributed by atoms with van der Waals surface area (Å²) in [4.78, 5) is 0. The van der Waals surface area contributed by atoms with Gasteiger partial charge in [-0.05, 0) is 38.6 Å². The number of methoxy groups -OCH3 is 1. The predicted octanol–water partition coefficient (Wildman–Crippen LogP) is 2.21. The molecule has 0 aromatic rings. The van der Waals surface area contributed by atoms with Crippen LogP contribution in [0.4, 0.5) is 0 Å². The molecular weight excluding hydrogens is 202 g/mol. The van der Waals surface area contributed by atoms with Gasteiger partial charge in [0.1, 0.15) is 0 Å². The molecule has 0 bridgehead atoms. The Morgan fingerprint density at radius 3 is 2.69 bits per heavy atom. The molecule has 0 aromatic carbocycles. The van der Waals surface area contributed by atoms with E-state index in [9.17, 15) is 0 Å². The van der Waals surface area contributed by atoms with E-state index >= 15 is 0 Å².